The van der Waals surface area contributed by atoms with Crippen LogP contribution in [0.15, 0.2) is 22.7 Å². The van der Waals surface area contributed by atoms with E-state index in [0.29, 0.717) is 11.4 Å². The van der Waals surface area contributed by atoms with Gasteiger partial charge in [0.2, 0.25) is 0 Å². The predicted octanol–water partition coefficient (Wildman–Crippen LogP) is 2.96. The molecule has 1 aliphatic rings. The normalized spacial score (nSPS) is 18.3. The van der Waals surface area contributed by atoms with Crippen LogP contribution in [0.5, 0.6) is 0 Å². The van der Waals surface area contributed by atoms with Crippen LogP contribution in [0.4, 0.5) is 0 Å². The molecule has 0 aliphatic carbocycles. The van der Waals surface area contributed by atoms with E-state index in [1.807, 2.05) is 18.2 Å². The minimum absolute atomic E-state index is 0.158. The molecule has 0 amide bonds. The summed E-state index contributed by atoms with van der Waals surface area (Å²) in [4.78, 5) is 2.36. The Balaban J connectivity index is 2.22. The molecule has 1 aliphatic heterocycles. The van der Waals surface area contributed by atoms with Gasteiger partial charge in [-0.15, -0.1) is 0 Å². The fraction of sp³-hybridized carbons (Fsp3) is 0.462. The fourth-order valence-corrected chi connectivity index (χ4v) is 2.77. The van der Waals surface area contributed by atoms with Crippen LogP contribution < -0.4 is 5.32 Å². The van der Waals surface area contributed by atoms with Gasteiger partial charge in [-0.3, -0.25) is 4.90 Å². The van der Waals surface area contributed by atoms with Crippen molar-refractivity contribution in [3.63, 3.8) is 0 Å². The highest BCUT2D eigenvalue weighted by Crippen LogP contribution is 2.30. The number of halogens is 2. The molecule has 96 valence electrons. The summed E-state index contributed by atoms with van der Waals surface area (Å²) in [7, 11) is 0. The average Bonchev–Trinajstić information content (AvgIpc) is 2.40. The zero-order valence-corrected chi connectivity index (χ0v) is 12.3. The Hall–Kier alpha value is -0.600. The van der Waals surface area contributed by atoms with E-state index in [1.54, 1.807) is 0 Å². The van der Waals surface area contributed by atoms with Crippen LogP contribution in [-0.4, -0.2) is 31.1 Å². The quantitative estimate of drug-likeness (QED) is 0.927. The zero-order valence-electron chi connectivity index (χ0n) is 10.00. The molecule has 1 heterocycles. The van der Waals surface area contributed by atoms with Crippen molar-refractivity contribution in [2.75, 3.05) is 26.2 Å². The van der Waals surface area contributed by atoms with Gasteiger partial charge in [-0.1, -0.05) is 17.7 Å². The molecule has 0 radical (unpaired) electrons. The summed E-state index contributed by atoms with van der Waals surface area (Å²) < 4.78 is 0.889. The van der Waals surface area contributed by atoms with Crippen molar-refractivity contribution in [3.8, 4) is 6.07 Å². The lowest BCUT2D eigenvalue weighted by Crippen LogP contribution is -2.45. The van der Waals surface area contributed by atoms with Crippen molar-refractivity contribution in [1.82, 2.24) is 10.2 Å². The Morgan fingerprint density at radius 3 is 2.78 bits per heavy atom. The highest BCUT2D eigenvalue weighted by atomic mass is 79.9. The second kappa shape index (κ2) is 6.53. The Morgan fingerprint density at radius 2 is 2.17 bits per heavy atom. The largest absolute Gasteiger partial charge is 0.314 e. The molecule has 1 N–H and O–H groups in total. The van der Waals surface area contributed by atoms with Crippen LogP contribution in [0.3, 0.4) is 0 Å². The summed E-state index contributed by atoms with van der Waals surface area (Å²) in [5.74, 6) is 0. The molecule has 1 aromatic carbocycles. The summed E-state index contributed by atoms with van der Waals surface area (Å²) >= 11 is 9.46. The van der Waals surface area contributed by atoms with E-state index >= 15 is 0 Å². The van der Waals surface area contributed by atoms with E-state index in [-0.39, 0.29) is 6.04 Å². The number of hydrogen-bond donors (Lipinski definition) is 1. The molecular weight excluding hydrogens is 314 g/mol. The van der Waals surface area contributed by atoms with Gasteiger partial charge in [-0.05, 0) is 33.6 Å². The summed E-state index contributed by atoms with van der Waals surface area (Å²) in [6.45, 7) is 3.92. The molecule has 1 aromatic rings. The molecule has 0 bridgehead atoms. The third kappa shape index (κ3) is 3.24. The Bertz CT molecular complexity index is 452. The van der Waals surface area contributed by atoms with E-state index in [9.17, 15) is 0 Å². The standard InChI is InChI=1S/C13H15BrClN3/c14-11-9-10(1-2-12(11)15)13(3-4-16)18-7-5-17-6-8-18/h1-2,9,13,17H,3,5-8H2/t13-/m1/s1. The van der Waals surface area contributed by atoms with E-state index in [2.05, 4.69) is 32.2 Å². The van der Waals surface area contributed by atoms with E-state index < -0.39 is 0 Å². The van der Waals surface area contributed by atoms with Crippen molar-refractivity contribution in [2.45, 2.75) is 12.5 Å². The van der Waals surface area contributed by atoms with Crippen LogP contribution in [0.25, 0.3) is 0 Å². The molecule has 1 fully saturated rings. The van der Waals surface area contributed by atoms with Gasteiger partial charge in [-0.2, -0.15) is 5.26 Å². The molecule has 0 aromatic heterocycles. The smallest absolute Gasteiger partial charge is 0.0641 e. The number of piperazine rings is 1. The van der Waals surface area contributed by atoms with Crippen molar-refractivity contribution < 1.29 is 0 Å². The fourth-order valence-electron chi connectivity index (χ4n) is 2.26. The van der Waals surface area contributed by atoms with E-state index in [4.69, 9.17) is 16.9 Å². The summed E-state index contributed by atoms with van der Waals surface area (Å²) in [5.41, 5.74) is 1.15. The maximum absolute atomic E-state index is 9.02. The average molecular weight is 329 g/mol. The maximum atomic E-state index is 9.02. The predicted molar refractivity (Wildman–Crippen MR) is 76.6 cm³/mol. The van der Waals surface area contributed by atoms with E-state index in [1.165, 1.54) is 0 Å². The number of rotatable bonds is 3. The van der Waals surface area contributed by atoms with Crippen LogP contribution >= 0.6 is 27.5 Å². The molecule has 0 saturated carbocycles. The van der Waals surface area contributed by atoms with Crippen molar-refractivity contribution in [1.29, 1.82) is 5.26 Å². The molecule has 1 atom stereocenters. The van der Waals surface area contributed by atoms with E-state index in [0.717, 1.165) is 36.2 Å². The summed E-state index contributed by atoms with van der Waals surface area (Å²) in [6, 6.07) is 8.36. The third-order valence-electron chi connectivity index (χ3n) is 3.21. The highest BCUT2D eigenvalue weighted by Gasteiger charge is 2.22. The molecule has 3 nitrogen and oxygen atoms in total. The van der Waals surface area contributed by atoms with Crippen molar-refractivity contribution >= 4 is 27.5 Å². The minimum atomic E-state index is 0.158. The maximum Gasteiger partial charge on any atom is 0.0641 e. The Morgan fingerprint density at radius 1 is 1.44 bits per heavy atom. The molecule has 0 unspecified atom stereocenters. The van der Waals surface area contributed by atoms with Crippen molar-refractivity contribution in [2.24, 2.45) is 0 Å². The van der Waals surface area contributed by atoms with Gasteiger partial charge in [0.15, 0.2) is 0 Å². The number of hydrogen-bond acceptors (Lipinski definition) is 3. The number of benzene rings is 1. The van der Waals surface area contributed by atoms with Gasteiger partial charge < -0.3 is 5.32 Å². The lowest BCUT2D eigenvalue weighted by Gasteiger charge is -2.34. The Labute approximate surface area is 121 Å². The van der Waals surface area contributed by atoms with Crippen LogP contribution in [0.1, 0.15) is 18.0 Å². The van der Waals surface area contributed by atoms with Crippen LogP contribution in [0.2, 0.25) is 5.02 Å². The summed E-state index contributed by atoms with van der Waals surface area (Å²) in [5, 5.41) is 13.1. The van der Waals surface area contributed by atoms with Crippen LogP contribution in [0, 0.1) is 11.3 Å². The number of nitriles is 1. The molecule has 5 heteroatoms. The molecule has 1 saturated heterocycles. The van der Waals surface area contributed by atoms with Gasteiger partial charge in [0, 0.05) is 36.7 Å². The Kier molecular flexibility index (Phi) is 5.02. The van der Waals surface area contributed by atoms with Gasteiger partial charge in [0.1, 0.15) is 0 Å². The highest BCUT2D eigenvalue weighted by molar-refractivity contribution is 9.10. The first-order chi connectivity index (χ1) is 8.72. The monoisotopic (exact) mass is 327 g/mol. The van der Waals surface area contributed by atoms with Gasteiger partial charge in [-0.25, -0.2) is 0 Å². The topological polar surface area (TPSA) is 39.1 Å². The second-order valence-corrected chi connectivity index (χ2v) is 5.60. The first-order valence-electron chi connectivity index (χ1n) is 5.99. The second-order valence-electron chi connectivity index (χ2n) is 4.34. The minimum Gasteiger partial charge on any atom is -0.314 e. The molecule has 2 rings (SSSR count). The van der Waals surface area contributed by atoms with Crippen molar-refractivity contribution in [3.05, 3.63) is 33.3 Å². The first-order valence-corrected chi connectivity index (χ1v) is 7.16. The number of nitrogens with zero attached hydrogens (tertiary/aromatic N) is 2. The number of nitrogens with one attached hydrogen (secondary N) is 1. The van der Waals surface area contributed by atoms with Gasteiger partial charge in [0.25, 0.3) is 0 Å². The molecule has 0 spiro atoms. The van der Waals surface area contributed by atoms with Gasteiger partial charge in [0.05, 0.1) is 17.5 Å². The lowest BCUT2D eigenvalue weighted by atomic mass is 10.0. The lowest BCUT2D eigenvalue weighted by molar-refractivity contribution is 0.175. The SMILES string of the molecule is N#CC[C@H](c1ccc(Cl)c(Br)c1)N1CCNCC1. The third-order valence-corrected chi connectivity index (χ3v) is 4.42. The van der Waals surface area contributed by atoms with Crippen LogP contribution in [-0.2, 0) is 0 Å². The zero-order chi connectivity index (χ0) is 13.0. The first kappa shape index (κ1) is 13.8. The van der Waals surface area contributed by atoms with Gasteiger partial charge >= 0.3 is 0 Å². The molecule has 18 heavy (non-hydrogen) atoms. The summed E-state index contributed by atoms with van der Waals surface area (Å²) in [6.07, 6.45) is 0.508. The molecular formula is C13H15BrClN3.